The van der Waals surface area contributed by atoms with E-state index in [4.69, 9.17) is 18.9 Å². The first-order chi connectivity index (χ1) is 13.8. The lowest BCUT2D eigenvalue weighted by Crippen LogP contribution is -2.39. The van der Waals surface area contributed by atoms with Gasteiger partial charge in [-0.1, -0.05) is 30.3 Å². The van der Waals surface area contributed by atoms with E-state index in [1.54, 1.807) is 0 Å². The first-order valence-electron chi connectivity index (χ1n) is 8.82. The summed E-state index contributed by atoms with van der Waals surface area (Å²) in [6, 6.07) is 9.48. The molecule has 1 aliphatic rings. The van der Waals surface area contributed by atoms with Crippen molar-refractivity contribution in [3.05, 3.63) is 41.7 Å². The average molecular weight is 404 g/mol. The van der Waals surface area contributed by atoms with Crippen molar-refractivity contribution in [2.45, 2.75) is 51.9 Å². The number of carbonyl (C=O) groups excluding carboxylic acids is 3. The number of rotatable bonds is 6. The minimum atomic E-state index is -1.29. The van der Waals surface area contributed by atoms with Crippen LogP contribution >= 0.6 is 0 Å². The van der Waals surface area contributed by atoms with Crippen LogP contribution in [0, 0.1) is 0 Å². The third-order valence-electron chi connectivity index (χ3n) is 3.95. The van der Waals surface area contributed by atoms with E-state index in [1.807, 2.05) is 30.3 Å². The Morgan fingerprint density at radius 3 is 2.21 bits per heavy atom. The molecular weight excluding hydrogens is 384 g/mol. The van der Waals surface area contributed by atoms with Gasteiger partial charge in [0.1, 0.15) is 0 Å². The summed E-state index contributed by atoms with van der Waals surface area (Å²) < 4.78 is 21.2. The molecule has 0 radical (unpaired) electrons. The van der Waals surface area contributed by atoms with E-state index in [-0.39, 0.29) is 5.82 Å². The maximum atomic E-state index is 11.6. The van der Waals surface area contributed by atoms with Crippen LogP contribution in [-0.2, 0) is 39.9 Å². The van der Waals surface area contributed by atoms with Gasteiger partial charge in [-0.3, -0.25) is 14.4 Å². The SMILES string of the molecule is CC(=O)OC1OC(c2nnn(Cc3ccccc3)n2)C(OC(C)=O)C1OC(C)=O. The van der Waals surface area contributed by atoms with Crippen LogP contribution in [0.3, 0.4) is 0 Å². The predicted octanol–water partition coefficient (Wildman–Crippen LogP) is 0.545. The number of esters is 3. The van der Waals surface area contributed by atoms with Gasteiger partial charge in [-0.05, 0) is 10.8 Å². The molecule has 4 unspecified atom stereocenters. The minimum absolute atomic E-state index is 0.0963. The molecule has 1 aromatic carbocycles. The number of ether oxygens (including phenoxy) is 4. The first-order valence-corrected chi connectivity index (χ1v) is 8.82. The van der Waals surface area contributed by atoms with Crippen molar-refractivity contribution in [3.8, 4) is 0 Å². The largest absolute Gasteiger partial charge is 0.455 e. The molecule has 1 saturated heterocycles. The number of hydrogen-bond donors (Lipinski definition) is 0. The monoisotopic (exact) mass is 404 g/mol. The molecule has 1 aromatic heterocycles. The van der Waals surface area contributed by atoms with E-state index < -0.39 is 42.5 Å². The van der Waals surface area contributed by atoms with Crippen LogP contribution in [0.15, 0.2) is 30.3 Å². The highest BCUT2D eigenvalue weighted by molar-refractivity contribution is 5.68. The fourth-order valence-electron chi connectivity index (χ4n) is 2.91. The van der Waals surface area contributed by atoms with E-state index in [2.05, 4.69) is 15.4 Å². The number of nitrogens with zero attached hydrogens (tertiary/aromatic N) is 4. The smallest absolute Gasteiger partial charge is 0.305 e. The second-order valence-electron chi connectivity index (χ2n) is 6.35. The molecule has 1 fully saturated rings. The van der Waals surface area contributed by atoms with Crippen LogP contribution < -0.4 is 0 Å². The Hall–Kier alpha value is -3.34. The molecule has 11 nitrogen and oxygen atoms in total. The summed E-state index contributed by atoms with van der Waals surface area (Å²) in [6.45, 7) is 3.91. The Morgan fingerprint density at radius 1 is 0.966 bits per heavy atom. The van der Waals surface area contributed by atoms with Gasteiger partial charge in [0, 0.05) is 20.8 Å². The standard InChI is InChI=1S/C18H20N4O7/c1-10(23)26-14-15(29-18(28-12(3)25)16(14)27-11(2)24)17-19-21-22(20-17)9-13-7-5-4-6-8-13/h4-8,14-16,18H,9H2,1-3H3. The quantitative estimate of drug-likeness (QED) is 0.496. The zero-order chi connectivity index (χ0) is 21.0. The summed E-state index contributed by atoms with van der Waals surface area (Å²) in [6.07, 6.45) is -4.62. The lowest BCUT2D eigenvalue weighted by atomic mass is 10.1. The number of benzene rings is 1. The highest BCUT2D eigenvalue weighted by Crippen LogP contribution is 2.36. The summed E-state index contributed by atoms with van der Waals surface area (Å²) >= 11 is 0. The lowest BCUT2D eigenvalue weighted by molar-refractivity contribution is -0.195. The van der Waals surface area contributed by atoms with Gasteiger partial charge in [-0.2, -0.15) is 4.80 Å². The van der Waals surface area contributed by atoms with Gasteiger partial charge < -0.3 is 18.9 Å². The number of carbonyl (C=O) groups is 3. The van der Waals surface area contributed by atoms with Crippen molar-refractivity contribution >= 4 is 17.9 Å². The van der Waals surface area contributed by atoms with Gasteiger partial charge in [0.05, 0.1) is 6.54 Å². The molecule has 4 atom stereocenters. The number of tetrazole rings is 1. The Balaban J connectivity index is 1.86. The molecule has 0 amide bonds. The van der Waals surface area contributed by atoms with E-state index in [0.29, 0.717) is 6.54 Å². The minimum Gasteiger partial charge on any atom is -0.455 e. The van der Waals surface area contributed by atoms with Gasteiger partial charge >= 0.3 is 17.9 Å². The van der Waals surface area contributed by atoms with Crippen molar-refractivity contribution in [2.75, 3.05) is 0 Å². The van der Waals surface area contributed by atoms with Crippen molar-refractivity contribution < 1.29 is 33.3 Å². The van der Waals surface area contributed by atoms with E-state index >= 15 is 0 Å². The maximum Gasteiger partial charge on any atom is 0.305 e. The molecule has 11 heteroatoms. The molecule has 0 saturated carbocycles. The van der Waals surface area contributed by atoms with Crippen molar-refractivity contribution in [1.29, 1.82) is 0 Å². The first kappa shape index (κ1) is 20.4. The normalized spacial score (nSPS) is 23.4. The van der Waals surface area contributed by atoms with Crippen molar-refractivity contribution in [3.63, 3.8) is 0 Å². The summed E-state index contributed by atoms with van der Waals surface area (Å²) in [5, 5.41) is 12.2. The maximum absolute atomic E-state index is 11.6. The topological polar surface area (TPSA) is 132 Å². The molecule has 0 bridgehead atoms. The third kappa shape index (κ3) is 5.13. The number of aromatic nitrogens is 4. The highest BCUT2D eigenvalue weighted by Gasteiger charge is 2.53. The fourth-order valence-corrected chi connectivity index (χ4v) is 2.91. The van der Waals surface area contributed by atoms with Crippen LogP contribution in [0.1, 0.15) is 38.3 Å². The molecular formula is C18H20N4O7. The van der Waals surface area contributed by atoms with Gasteiger partial charge in [-0.25, -0.2) is 0 Å². The van der Waals surface area contributed by atoms with Gasteiger partial charge in [0.25, 0.3) is 0 Å². The zero-order valence-corrected chi connectivity index (χ0v) is 16.0. The molecule has 154 valence electrons. The second kappa shape index (κ2) is 8.78. The van der Waals surface area contributed by atoms with Crippen LogP contribution in [0.25, 0.3) is 0 Å². The van der Waals surface area contributed by atoms with Gasteiger partial charge in [0.2, 0.25) is 18.2 Å². The van der Waals surface area contributed by atoms with Crippen LogP contribution in [-0.4, -0.2) is 56.6 Å². The zero-order valence-electron chi connectivity index (χ0n) is 16.0. The number of hydrogen-bond acceptors (Lipinski definition) is 10. The Labute approximate surface area is 165 Å². The van der Waals surface area contributed by atoms with E-state index in [9.17, 15) is 14.4 Å². The third-order valence-corrected chi connectivity index (χ3v) is 3.95. The van der Waals surface area contributed by atoms with Crippen molar-refractivity contribution in [1.82, 2.24) is 20.2 Å². The molecule has 2 aromatic rings. The molecule has 1 aliphatic heterocycles. The molecule has 0 aliphatic carbocycles. The van der Waals surface area contributed by atoms with Crippen LogP contribution in [0.4, 0.5) is 0 Å². The Bertz CT molecular complexity index is 885. The highest BCUT2D eigenvalue weighted by atomic mass is 16.7. The predicted molar refractivity (Wildman–Crippen MR) is 93.8 cm³/mol. The molecule has 29 heavy (non-hydrogen) atoms. The van der Waals surface area contributed by atoms with E-state index in [0.717, 1.165) is 5.56 Å². The Kier molecular flexibility index (Phi) is 6.17. The van der Waals surface area contributed by atoms with Gasteiger partial charge in [-0.15, -0.1) is 10.2 Å². The average Bonchev–Trinajstić information content (AvgIpc) is 3.21. The van der Waals surface area contributed by atoms with Crippen LogP contribution in [0.5, 0.6) is 0 Å². The fraction of sp³-hybridized carbons (Fsp3) is 0.444. The molecule has 0 N–H and O–H groups in total. The molecule has 2 heterocycles. The van der Waals surface area contributed by atoms with Crippen LogP contribution in [0.2, 0.25) is 0 Å². The Morgan fingerprint density at radius 2 is 1.59 bits per heavy atom. The van der Waals surface area contributed by atoms with E-state index in [1.165, 1.54) is 25.6 Å². The van der Waals surface area contributed by atoms with Gasteiger partial charge in [0.15, 0.2) is 12.2 Å². The summed E-state index contributed by atoms with van der Waals surface area (Å²) in [7, 11) is 0. The molecule has 3 rings (SSSR count). The molecule has 0 spiro atoms. The summed E-state index contributed by atoms with van der Waals surface area (Å²) in [4.78, 5) is 35.9. The summed E-state index contributed by atoms with van der Waals surface area (Å²) in [5.41, 5.74) is 0.955. The second-order valence-corrected chi connectivity index (χ2v) is 6.35. The van der Waals surface area contributed by atoms with Crippen molar-refractivity contribution in [2.24, 2.45) is 0 Å². The summed E-state index contributed by atoms with van der Waals surface area (Å²) in [5.74, 6) is -1.86. The lowest BCUT2D eigenvalue weighted by Gasteiger charge is -2.22.